The minimum atomic E-state index is -0.237. The number of benzene rings is 1. The Morgan fingerprint density at radius 1 is 1.45 bits per heavy atom. The lowest BCUT2D eigenvalue weighted by Gasteiger charge is -2.35. The number of rotatable bonds is 4. The minimum Gasteiger partial charge on any atom is -0.336 e. The van der Waals surface area contributed by atoms with Gasteiger partial charge in [0.1, 0.15) is 5.82 Å². The van der Waals surface area contributed by atoms with Crippen LogP contribution in [-0.4, -0.2) is 27.1 Å². The zero-order valence-electron chi connectivity index (χ0n) is 12.7. The summed E-state index contributed by atoms with van der Waals surface area (Å²) in [6.07, 6.45) is 5.69. The molecule has 1 amide bonds. The van der Waals surface area contributed by atoms with E-state index in [0.29, 0.717) is 13.0 Å². The van der Waals surface area contributed by atoms with Crippen LogP contribution in [0, 0.1) is 5.82 Å². The molecular formula is C17H20FN3O. The fourth-order valence-corrected chi connectivity index (χ4v) is 3.09. The lowest BCUT2D eigenvalue weighted by molar-refractivity contribution is -0.133. The average molecular weight is 301 g/mol. The summed E-state index contributed by atoms with van der Waals surface area (Å²) < 4.78 is 15.3. The van der Waals surface area contributed by atoms with Gasteiger partial charge in [0.2, 0.25) is 5.91 Å². The van der Waals surface area contributed by atoms with Crippen LogP contribution in [0.1, 0.15) is 36.9 Å². The molecule has 1 aromatic carbocycles. The summed E-state index contributed by atoms with van der Waals surface area (Å²) in [5.41, 5.74) is 2.08. The summed E-state index contributed by atoms with van der Waals surface area (Å²) in [6, 6.07) is 6.70. The molecule has 2 aromatic rings. The van der Waals surface area contributed by atoms with E-state index in [2.05, 4.69) is 5.10 Å². The third-order valence-electron chi connectivity index (χ3n) is 4.30. The van der Waals surface area contributed by atoms with Crippen molar-refractivity contribution in [2.24, 2.45) is 0 Å². The van der Waals surface area contributed by atoms with E-state index in [-0.39, 0.29) is 17.8 Å². The summed E-state index contributed by atoms with van der Waals surface area (Å²) in [5.74, 6) is -0.104. The first-order valence-electron chi connectivity index (χ1n) is 7.70. The first kappa shape index (κ1) is 14.8. The standard InChI is InChI=1S/C17H20FN3O/c1-13-16-12-15(18)6-5-14(16)7-11-21(13)17(22)4-2-9-20-10-3-8-19-20/h3,5-6,8,10,12-13H,2,4,7,9,11H2,1H3/t13-/m0/s1. The first-order valence-corrected chi connectivity index (χ1v) is 7.70. The van der Waals surface area contributed by atoms with Gasteiger partial charge in [-0.15, -0.1) is 0 Å². The van der Waals surface area contributed by atoms with Crippen molar-refractivity contribution in [2.45, 2.75) is 38.8 Å². The second-order valence-electron chi connectivity index (χ2n) is 5.73. The molecule has 0 bridgehead atoms. The second kappa shape index (κ2) is 6.30. The summed E-state index contributed by atoms with van der Waals surface area (Å²) >= 11 is 0. The van der Waals surface area contributed by atoms with Gasteiger partial charge in [-0.25, -0.2) is 4.39 Å². The van der Waals surface area contributed by atoms with Gasteiger partial charge in [0.25, 0.3) is 0 Å². The van der Waals surface area contributed by atoms with E-state index in [0.717, 1.165) is 30.5 Å². The fourth-order valence-electron chi connectivity index (χ4n) is 3.09. The number of fused-ring (bicyclic) bond motifs is 1. The normalized spacial score (nSPS) is 17.4. The van der Waals surface area contributed by atoms with Crippen LogP contribution in [0.4, 0.5) is 4.39 Å². The van der Waals surface area contributed by atoms with Crippen LogP contribution in [0.3, 0.4) is 0 Å². The summed E-state index contributed by atoms with van der Waals surface area (Å²) in [7, 11) is 0. The quantitative estimate of drug-likeness (QED) is 0.871. The minimum absolute atomic E-state index is 0.0587. The predicted octanol–water partition coefficient (Wildman–Crippen LogP) is 2.95. The maximum absolute atomic E-state index is 13.4. The molecule has 0 spiro atoms. The van der Waals surface area contributed by atoms with Crippen LogP contribution < -0.4 is 0 Å². The Balaban J connectivity index is 1.61. The molecule has 0 unspecified atom stereocenters. The van der Waals surface area contributed by atoms with E-state index in [9.17, 15) is 9.18 Å². The molecule has 0 N–H and O–H groups in total. The van der Waals surface area contributed by atoms with Gasteiger partial charge in [0.05, 0.1) is 6.04 Å². The Hall–Kier alpha value is -2.17. The lowest BCUT2D eigenvalue weighted by atomic mass is 9.93. The molecule has 116 valence electrons. The molecule has 2 heterocycles. The number of aromatic nitrogens is 2. The van der Waals surface area contributed by atoms with Crippen LogP contribution in [0.15, 0.2) is 36.7 Å². The molecule has 0 fully saturated rings. The molecule has 0 saturated heterocycles. The third-order valence-corrected chi connectivity index (χ3v) is 4.30. The molecule has 22 heavy (non-hydrogen) atoms. The number of amides is 1. The molecule has 0 radical (unpaired) electrons. The Morgan fingerprint density at radius 2 is 2.32 bits per heavy atom. The highest BCUT2D eigenvalue weighted by Crippen LogP contribution is 2.30. The molecular weight excluding hydrogens is 281 g/mol. The van der Waals surface area contributed by atoms with E-state index >= 15 is 0 Å². The Bertz CT molecular complexity index is 654. The van der Waals surface area contributed by atoms with E-state index < -0.39 is 0 Å². The van der Waals surface area contributed by atoms with Gasteiger partial charge >= 0.3 is 0 Å². The SMILES string of the molecule is C[C@H]1c2cc(F)ccc2CCN1C(=O)CCCn1cccn1. The molecule has 4 nitrogen and oxygen atoms in total. The van der Waals surface area contributed by atoms with Crippen LogP contribution >= 0.6 is 0 Å². The summed E-state index contributed by atoms with van der Waals surface area (Å²) in [4.78, 5) is 14.3. The molecule has 3 rings (SSSR count). The van der Waals surface area contributed by atoms with Crippen LogP contribution in [0.2, 0.25) is 0 Å². The van der Waals surface area contributed by atoms with Gasteiger partial charge < -0.3 is 4.90 Å². The molecule has 0 aliphatic carbocycles. The van der Waals surface area contributed by atoms with Gasteiger partial charge in [-0.1, -0.05) is 6.07 Å². The Labute approximate surface area is 129 Å². The number of hydrogen-bond donors (Lipinski definition) is 0. The number of carbonyl (C=O) groups is 1. The summed E-state index contributed by atoms with van der Waals surface area (Å²) in [5, 5.41) is 4.13. The van der Waals surface area contributed by atoms with Crippen molar-refractivity contribution in [2.75, 3.05) is 6.54 Å². The third kappa shape index (κ3) is 3.03. The van der Waals surface area contributed by atoms with Crippen LogP contribution in [0.5, 0.6) is 0 Å². The van der Waals surface area contributed by atoms with Gasteiger partial charge in [-0.05, 0) is 49.1 Å². The number of nitrogens with zero attached hydrogens (tertiary/aromatic N) is 3. The highest BCUT2D eigenvalue weighted by atomic mass is 19.1. The summed E-state index contributed by atoms with van der Waals surface area (Å²) in [6.45, 7) is 3.43. The van der Waals surface area contributed by atoms with Crippen molar-refractivity contribution in [1.29, 1.82) is 0 Å². The van der Waals surface area contributed by atoms with Crippen molar-refractivity contribution in [3.8, 4) is 0 Å². The number of hydrogen-bond acceptors (Lipinski definition) is 2. The lowest BCUT2D eigenvalue weighted by Crippen LogP contribution is -2.38. The van der Waals surface area contributed by atoms with Crippen molar-refractivity contribution in [3.63, 3.8) is 0 Å². The number of carbonyl (C=O) groups excluding carboxylic acids is 1. The largest absolute Gasteiger partial charge is 0.336 e. The van der Waals surface area contributed by atoms with Crippen molar-refractivity contribution in [3.05, 3.63) is 53.6 Å². The van der Waals surface area contributed by atoms with E-state index in [1.807, 2.05) is 34.8 Å². The predicted molar refractivity (Wildman–Crippen MR) is 81.7 cm³/mol. The molecule has 5 heteroatoms. The number of aryl methyl sites for hydroxylation is 1. The Morgan fingerprint density at radius 3 is 3.09 bits per heavy atom. The Kier molecular flexibility index (Phi) is 4.22. The molecule has 0 saturated carbocycles. The van der Waals surface area contributed by atoms with Crippen molar-refractivity contribution < 1.29 is 9.18 Å². The molecule has 1 aromatic heterocycles. The fraction of sp³-hybridized carbons (Fsp3) is 0.412. The van der Waals surface area contributed by atoms with Gasteiger partial charge in [-0.3, -0.25) is 9.48 Å². The average Bonchev–Trinajstić information content (AvgIpc) is 3.01. The smallest absolute Gasteiger partial charge is 0.223 e. The molecule has 1 atom stereocenters. The van der Waals surface area contributed by atoms with Gasteiger partial charge in [0, 0.05) is 31.9 Å². The van der Waals surface area contributed by atoms with E-state index in [1.165, 1.54) is 6.07 Å². The topological polar surface area (TPSA) is 38.1 Å². The monoisotopic (exact) mass is 301 g/mol. The van der Waals surface area contributed by atoms with E-state index in [4.69, 9.17) is 0 Å². The maximum Gasteiger partial charge on any atom is 0.223 e. The highest BCUT2D eigenvalue weighted by molar-refractivity contribution is 5.77. The second-order valence-corrected chi connectivity index (χ2v) is 5.73. The zero-order valence-corrected chi connectivity index (χ0v) is 12.7. The first-order chi connectivity index (χ1) is 10.6. The van der Waals surface area contributed by atoms with Crippen LogP contribution in [-0.2, 0) is 17.8 Å². The molecule has 1 aliphatic heterocycles. The zero-order chi connectivity index (χ0) is 15.5. The highest BCUT2D eigenvalue weighted by Gasteiger charge is 2.27. The molecule has 1 aliphatic rings. The number of halogens is 1. The van der Waals surface area contributed by atoms with E-state index in [1.54, 1.807) is 12.3 Å². The van der Waals surface area contributed by atoms with Crippen LogP contribution in [0.25, 0.3) is 0 Å². The maximum atomic E-state index is 13.4. The van der Waals surface area contributed by atoms with Crippen molar-refractivity contribution in [1.82, 2.24) is 14.7 Å². The van der Waals surface area contributed by atoms with Gasteiger partial charge in [-0.2, -0.15) is 5.10 Å². The van der Waals surface area contributed by atoms with Crippen molar-refractivity contribution >= 4 is 5.91 Å². The van der Waals surface area contributed by atoms with Gasteiger partial charge in [0.15, 0.2) is 0 Å².